The van der Waals surface area contributed by atoms with Crippen molar-refractivity contribution in [2.75, 3.05) is 40.9 Å². The van der Waals surface area contributed by atoms with Gasteiger partial charge in [-0.2, -0.15) is 0 Å². The second-order valence-corrected chi connectivity index (χ2v) is 15.0. The molecule has 3 unspecified atom stereocenters. The first-order valence-electron chi connectivity index (χ1n) is 18.4. The third-order valence-corrected chi connectivity index (χ3v) is 8.82. The number of carbonyl (C=O) groups excluding carboxylic acids is 1. The molecule has 3 atom stereocenters. The van der Waals surface area contributed by atoms with Crippen LogP contribution < -0.4 is 5.32 Å². The number of aliphatic hydroxyl groups excluding tert-OH is 1. The fraction of sp³-hybridized carbons (Fsp3) is 0.811. The van der Waals surface area contributed by atoms with Crippen LogP contribution in [0.25, 0.3) is 0 Å². The van der Waals surface area contributed by atoms with Gasteiger partial charge in [0.15, 0.2) is 0 Å². The van der Waals surface area contributed by atoms with Gasteiger partial charge in [0.05, 0.1) is 39.9 Å². The Kier molecular flexibility index (Phi) is 29.0. The Hall–Kier alpha value is -1.28. The number of quaternary nitrogens is 1. The van der Waals surface area contributed by atoms with E-state index in [1.54, 1.807) is 6.08 Å². The molecule has 0 aromatic carbocycles. The maximum absolute atomic E-state index is 12.7. The van der Waals surface area contributed by atoms with Crippen molar-refractivity contribution in [3.05, 3.63) is 36.5 Å². The number of nitrogens with zero attached hydrogens (tertiary/aromatic N) is 1. The van der Waals surface area contributed by atoms with Crippen molar-refractivity contribution in [3.63, 3.8) is 0 Å². The third-order valence-electron chi connectivity index (χ3n) is 7.84. The minimum absolute atomic E-state index is 0.0539. The molecule has 0 saturated heterocycles. The molecule has 1 amide bonds. The Morgan fingerprint density at radius 3 is 1.74 bits per heavy atom. The van der Waals surface area contributed by atoms with Crippen LogP contribution in [0.3, 0.4) is 0 Å². The molecule has 270 valence electrons. The van der Waals surface area contributed by atoms with E-state index in [0.29, 0.717) is 17.4 Å². The Labute approximate surface area is 283 Å². The Bertz CT molecular complexity index is 855. The molecule has 0 aromatic heterocycles. The summed E-state index contributed by atoms with van der Waals surface area (Å²) in [7, 11) is 1.54. The molecule has 0 radical (unpaired) electrons. The molecule has 8 nitrogen and oxygen atoms in total. The van der Waals surface area contributed by atoms with Crippen molar-refractivity contribution in [3.8, 4) is 0 Å². The number of nitrogens with one attached hydrogen (secondary N) is 1. The van der Waals surface area contributed by atoms with Gasteiger partial charge >= 0.3 is 7.82 Å². The molecule has 0 spiro atoms. The van der Waals surface area contributed by atoms with E-state index in [1.165, 1.54) is 70.6 Å². The van der Waals surface area contributed by atoms with Crippen LogP contribution in [0.1, 0.15) is 142 Å². The number of rotatable bonds is 32. The van der Waals surface area contributed by atoms with Crippen molar-refractivity contribution in [2.24, 2.45) is 0 Å². The predicted molar refractivity (Wildman–Crippen MR) is 194 cm³/mol. The Morgan fingerprint density at radius 2 is 1.20 bits per heavy atom. The number of unbranched alkanes of at least 4 members (excludes halogenated alkanes) is 15. The highest BCUT2D eigenvalue weighted by molar-refractivity contribution is 7.47. The standard InChI is InChI=1S/C37H71N2O6P/c1-6-8-10-12-14-16-18-19-21-22-24-26-28-30-36(40)35(34-45-46(42,43)44-33-32-39(3,4)5)38-37(41)31-29-27-25-23-20-17-15-13-11-9-7-2/h14,16,21-22,28,30,35-36,40H,6-13,15,17-20,23-27,29,31-34H2,1-5H3,(H-,38,41,42,43)/p+1/b16-14+,22-21+,30-28+. The highest BCUT2D eigenvalue weighted by Crippen LogP contribution is 2.43. The number of aliphatic hydroxyl groups is 1. The lowest BCUT2D eigenvalue weighted by Gasteiger charge is -2.25. The maximum Gasteiger partial charge on any atom is 0.472 e. The zero-order valence-corrected chi connectivity index (χ0v) is 31.2. The first kappa shape index (κ1) is 44.7. The van der Waals surface area contributed by atoms with Crippen molar-refractivity contribution in [2.45, 2.75) is 154 Å². The number of likely N-dealkylation sites (N-methyl/N-ethyl adjacent to an activating group) is 1. The highest BCUT2D eigenvalue weighted by atomic mass is 31.2. The number of amides is 1. The first-order chi connectivity index (χ1) is 22.0. The van der Waals surface area contributed by atoms with Crippen LogP contribution in [0.5, 0.6) is 0 Å². The van der Waals surface area contributed by atoms with E-state index in [1.807, 2.05) is 27.2 Å². The molecular formula is C37H72N2O6P+. The van der Waals surface area contributed by atoms with E-state index >= 15 is 0 Å². The summed E-state index contributed by atoms with van der Waals surface area (Å²) in [6, 6.07) is -0.862. The average Bonchev–Trinajstić information content (AvgIpc) is 2.99. The second-order valence-electron chi connectivity index (χ2n) is 13.6. The molecule has 0 heterocycles. The summed E-state index contributed by atoms with van der Waals surface area (Å²) in [4.78, 5) is 22.9. The Balaban J connectivity index is 4.66. The van der Waals surface area contributed by atoms with Crippen molar-refractivity contribution in [1.29, 1.82) is 0 Å². The molecule has 0 rings (SSSR count). The van der Waals surface area contributed by atoms with Crippen molar-refractivity contribution < 1.29 is 32.9 Å². The molecule has 9 heteroatoms. The van der Waals surface area contributed by atoms with Crippen LogP contribution in [0, 0.1) is 0 Å². The third kappa shape index (κ3) is 31.3. The molecule has 3 N–H and O–H groups in total. The number of allylic oxidation sites excluding steroid dienone is 5. The number of phosphoric acid groups is 1. The van der Waals surface area contributed by atoms with Gasteiger partial charge in [0.25, 0.3) is 0 Å². The van der Waals surface area contributed by atoms with E-state index in [4.69, 9.17) is 9.05 Å². The quantitative estimate of drug-likeness (QED) is 0.0285. The summed E-state index contributed by atoms with van der Waals surface area (Å²) in [5.41, 5.74) is 0. The van der Waals surface area contributed by atoms with Gasteiger partial charge < -0.3 is 19.8 Å². The van der Waals surface area contributed by atoms with Gasteiger partial charge in [0, 0.05) is 6.42 Å². The summed E-state index contributed by atoms with van der Waals surface area (Å²) >= 11 is 0. The maximum atomic E-state index is 12.7. The van der Waals surface area contributed by atoms with E-state index in [2.05, 4.69) is 43.5 Å². The van der Waals surface area contributed by atoms with Crippen LogP contribution in [0.15, 0.2) is 36.5 Å². The van der Waals surface area contributed by atoms with Crippen LogP contribution >= 0.6 is 7.82 Å². The number of phosphoric ester groups is 1. The summed E-state index contributed by atoms with van der Waals surface area (Å²) in [5, 5.41) is 13.7. The van der Waals surface area contributed by atoms with Crippen LogP contribution in [-0.2, 0) is 18.4 Å². The number of carbonyl (C=O) groups is 1. The van der Waals surface area contributed by atoms with E-state index in [0.717, 1.165) is 51.4 Å². The summed E-state index contributed by atoms with van der Waals surface area (Å²) in [5.74, 6) is -0.196. The normalized spacial score (nSPS) is 15.2. The van der Waals surface area contributed by atoms with Gasteiger partial charge in [-0.05, 0) is 44.9 Å². The van der Waals surface area contributed by atoms with Crippen LogP contribution in [0.2, 0.25) is 0 Å². The molecule has 0 aliphatic carbocycles. The topological polar surface area (TPSA) is 105 Å². The fourth-order valence-electron chi connectivity index (χ4n) is 4.83. The lowest BCUT2D eigenvalue weighted by atomic mass is 10.0. The van der Waals surface area contributed by atoms with Crippen LogP contribution in [0.4, 0.5) is 0 Å². The van der Waals surface area contributed by atoms with E-state index < -0.39 is 20.0 Å². The average molecular weight is 672 g/mol. The lowest BCUT2D eigenvalue weighted by molar-refractivity contribution is -0.870. The molecule has 0 fully saturated rings. The summed E-state index contributed by atoms with van der Waals surface area (Å²) < 4.78 is 23.4. The molecule has 0 bridgehead atoms. The van der Waals surface area contributed by atoms with Crippen molar-refractivity contribution in [1.82, 2.24) is 5.32 Å². The minimum atomic E-state index is -4.33. The molecule has 0 aliphatic heterocycles. The van der Waals surface area contributed by atoms with Gasteiger partial charge in [-0.25, -0.2) is 4.57 Å². The van der Waals surface area contributed by atoms with E-state index in [9.17, 15) is 19.4 Å². The van der Waals surface area contributed by atoms with Gasteiger partial charge in [0.2, 0.25) is 5.91 Å². The minimum Gasteiger partial charge on any atom is -0.387 e. The Morgan fingerprint density at radius 1 is 0.717 bits per heavy atom. The van der Waals surface area contributed by atoms with Gasteiger partial charge in [-0.1, -0.05) is 127 Å². The monoisotopic (exact) mass is 672 g/mol. The summed E-state index contributed by atoms with van der Waals surface area (Å²) in [6.07, 6.45) is 33.5. The summed E-state index contributed by atoms with van der Waals surface area (Å²) in [6.45, 7) is 4.71. The zero-order valence-electron chi connectivity index (χ0n) is 30.3. The number of hydrogen-bond donors (Lipinski definition) is 3. The molecule has 0 aliphatic rings. The molecule has 0 saturated carbocycles. The largest absolute Gasteiger partial charge is 0.472 e. The second kappa shape index (κ2) is 29.8. The fourth-order valence-corrected chi connectivity index (χ4v) is 5.57. The van der Waals surface area contributed by atoms with Gasteiger partial charge in [0.1, 0.15) is 13.2 Å². The van der Waals surface area contributed by atoms with Crippen LogP contribution in [-0.4, -0.2) is 73.4 Å². The van der Waals surface area contributed by atoms with Gasteiger partial charge in [-0.15, -0.1) is 0 Å². The smallest absolute Gasteiger partial charge is 0.387 e. The predicted octanol–water partition coefficient (Wildman–Crippen LogP) is 9.18. The molecule has 0 aromatic rings. The SMILES string of the molecule is CCCCC/C=C/CC/C=C/CC/C=C/C(O)C(COP(=O)(O)OCC[N+](C)(C)C)NC(=O)CCCCCCCCCCCCC. The lowest BCUT2D eigenvalue weighted by Crippen LogP contribution is -2.45. The molecule has 46 heavy (non-hydrogen) atoms. The molecular weight excluding hydrogens is 599 g/mol. The van der Waals surface area contributed by atoms with Crippen molar-refractivity contribution >= 4 is 13.7 Å². The first-order valence-corrected chi connectivity index (χ1v) is 19.9. The zero-order chi connectivity index (χ0) is 34.4. The highest BCUT2D eigenvalue weighted by Gasteiger charge is 2.27. The van der Waals surface area contributed by atoms with Gasteiger partial charge in [-0.3, -0.25) is 13.8 Å². The van der Waals surface area contributed by atoms with E-state index in [-0.39, 0.29) is 19.1 Å². The number of hydrogen-bond acceptors (Lipinski definition) is 5.